The summed E-state index contributed by atoms with van der Waals surface area (Å²) in [7, 11) is 0. The zero-order valence-electron chi connectivity index (χ0n) is 10.1. The first-order chi connectivity index (χ1) is 8.66. The Morgan fingerprint density at radius 2 is 2.05 bits per heavy atom. The van der Waals surface area contributed by atoms with Crippen molar-refractivity contribution in [2.45, 2.75) is 43.3 Å². The Balaban J connectivity index is 3.04. The molecule has 0 bridgehead atoms. The Labute approximate surface area is 107 Å². The maximum Gasteiger partial charge on any atom is 0.372 e. The third-order valence-corrected chi connectivity index (χ3v) is 3.32. The lowest BCUT2D eigenvalue weighted by Gasteiger charge is -2.44. The van der Waals surface area contributed by atoms with Crippen molar-refractivity contribution >= 4 is 5.97 Å². The van der Waals surface area contributed by atoms with Crippen molar-refractivity contribution in [3.05, 3.63) is 0 Å². The zero-order chi connectivity index (χ0) is 15.0. The number of halogens is 2. The molecule has 7 atom stereocenters. The summed E-state index contributed by atoms with van der Waals surface area (Å²) in [6.07, 6.45) is -7.73. The van der Waals surface area contributed by atoms with Crippen molar-refractivity contribution in [2.24, 2.45) is 11.7 Å². The van der Waals surface area contributed by atoms with E-state index in [-0.39, 0.29) is 0 Å². The third kappa shape index (κ3) is 2.70. The molecule has 19 heavy (non-hydrogen) atoms. The summed E-state index contributed by atoms with van der Waals surface area (Å²) in [5, 5.41) is 36.3. The van der Waals surface area contributed by atoms with E-state index in [1.807, 2.05) is 0 Å². The van der Waals surface area contributed by atoms with E-state index in [0.29, 0.717) is 0 Å². The number of carboxylic acids is 1. The van der Waals surface area contributed by atoms with Gasteiger partial charge in [0, 0.05) is 12.0 Å². The summed E-state index contributed by atoms with van der Waals surface area (Å²) in [6, 6.07) is -1.24. The van der Waals surface area contributed by atoms with Crippen molar-refractivity contribution in [1.29, 1.82) is 0 Å². The number of alkyl halides is 2. The molecule has 9 heteroatoms. The number of carboxylic acid groups (broad SMARTS) is 1. The van der Waals surface area contributed by atoms with Crippen LogP contribution < -0.4 is 5.73 Å². The number of carbonyl (C=O) groups is 1. The second kappa shape index (κ2) is 5.63. The Hall–Kier alpha value is -0.870. The van der Waals surface area contributed by atoms with Crippen LogP contribution in [0.1, 0.15) is 6.92 Å². The van der Waals surface area contributed by atoms with Gasteiger partial charge in [-0.2, -0.15) is 4.39 Å². The molecule has 112 valence electrons. The Kier molecular flexibility index (Phi) is 4.80. The third-order valence-electron chi connectivity index (χ3n) is 3.32. The first kappa shape index (κ1) is 16.2. The number of rotatable bonds is 4. The van der Waals surface area contributed by atoms with Crippen LogP contribution in [-0.4, -0.2) is 69.4 Å². The lowest BCUT2D eigenvalue weighted by Crippen LogP contribution is -2.67. The van der Waals surface area contributed by atoms with E-state index in [1.165, 1.54) is 6.92 Å². The van der Waals surface area contributed by atoms with Gasteiger partial charge in [0.1, 0.15) is 18.3 Å². The van der Waals surface area contributed by atoms with Gasteiger partial charge in [0.05, 0.1) is 6.61 Å². The monoisotopic (exact) mass is 285 g/mol. The summed E-state index contributed by atoms with van der Waals surface area (Å²) in [5.41, 5.74) is 5.55. The Bertz CT molecular complexity index is 342. The molecule has 1 fully saturated rings. The van der Waals surface area contributed by atoms with E-state index in [0.717, 1.165) is 0 Å². The van der Waals surface area contributed by atoms with E-state index < -0.39 is 54.9 Å². The standard InChI is InChI=1S/C10H17F2NO6/c1-3-5(13)7(6(16)4(15)2-14)19-10(12,8(3)11)9(17)18/h3-8,14-16H,2,13H2,1H3,(H,17,18)/t3?,4-,5?,6-,7?,8?,10?/m1/s1. The van der Waals surface area contributed by atoms with Gasteiger partial charge in [-0.15, -0.1) is 0 Å². The molecule has 0 radical (unpaired) electrons. The molecule has 1 rings (SSSR count). The molecular weight excluding hydrogens is 268 g/mol. The predicted molar refractivity (Wildman–Crippen MR) is 57.5 cm³/mol. The summed E-state index contributed by atoms with van der Waals surface area (Å²) in [6.45, 7) is 0.299. The van der Waals surface area contributed by atoms with Crippen LogP contribution >= 0.6 is 0 Å². The second-order valence-electron chi connectivity index (χ2n) is 4.61. The highest BCUT2D eigenvalue weighted by Gasteiger charge is 2.60. The zero-order valence-corrected chi connectivity index (χ0v) is 10.1. The van der Waals surface area contributed by atoms with Gasteiger partial charge in [-0.3, -0.25) is 0 Å². The number of aliphatic hydroxyl groups excluding tert-OH is 3. The van der Waals surface area contributed by atoms with Gasteiger partial charge in [-0.05, 0) is 0 Å². The number of hydrogen-bond acceptors (Lipinski definition) is 6. The van der Waals surface area contributed by atoms with Crippen molar-refractivity contribution < 1.29 is 38.7 Å². The van der Waals surface area contributed by atoms with E-state index in [1.54, 1.807) is 0 Å². The van der Waals surface area contributed by atoms with Crippen LogP contribution in [-0.2, 0) is 9.53 Å². The number of nitrogens with two attached hydrogens (primary N) is 1. The molecule has 6 N–H and O–H groups in total. The SMILES string of the molecule is CC1C(N)C([C@H](O)[C@H](O)CO)OC(F)(C(=O)O)C1F. The summed E-state index contributed by atoms with van der Waals surface area (Å²) in [4.78, 5) is 10.8. The van der Waals surface area contributed by atoms with E-state index in [9.17, 15) is 23.8 Å². The quantitative estimate of drug-likeness (QED) is 0.409. The molecule has 0 aliphatic carbocycles. The van der Waals surface area contributed by atoms with Gasteiger partial charge in [0.2, 0.25) is 0 Å². The molecule has 0 saturated carbocycles. The molecule has 0 aromatic carbocycles. The molecule has 1 saturated heterocycles. The smallest absolute Gasteiger partial charge is 0.372 e. The minimum Gasteiger partial charge on any atom is -0.477 e. The number of hydrogen-bond donors (Lipinski definition) is 5. The summed E-state index contributed by atoms with van der Waals surface area (Å²) < 4.78 is 32.1. The first-order valence-corrected chi connectivity index (χ1v) is 5.63. The minimum atomic E-state index is -3.66. The fourth-order valence-corrected chi connectivity index (χ4v) is 1.97. The van der Waals surface area contributed by atoms with Crippen LogP contribution in [0.2, 0.25) is 0 Å². The molecule has 0 aromatic heterocycles. The highest BCUT2D eigenvalue weighted by molar-refractivity contribution is 5.76. The molecule has 1 aliphatic rings. The van der Waals surface area contributed by atoms with Crippen LogP contribution in [0.3, 0.4) is 0 Å². The molecule has 7 nitrogen and oxygen atoms in total. The van der Waals surface area contributed by atoms with E-state index >= 15 is 0 Å². The fourth-order valence-electron chi connectivity index (χ4n) is 1.97. The summed E-state index contributed by atoms with van der Waals surface area (Å²) in [5.74, 6) is -7.11. The van der Waals surface area contributed by atoms with Crippen LogP contribution in [0.15, 0.2) is 0 Å². The molecule has 0 amide bonds. The predicted octanol–water partition coefficient (Wildman–Crippen LogP) is -1.85. The fraction of sp³-hybridized carbons (Fsp3) is 0.900. The van der Waals surface area contributed by atoms with Gasteiger partial charge in [-0.1, -0.05) is 6.92 Å². The minimum absolute atomic E-state index is 0.868. The Morgan fingerprint density at radius 3 is 2.47 bits per heavy atom. The largest absolute Gasteiger partial charge is 0.477 e. The maximum atomic E-state index is 14.0. The van der Waals surface area contributed by atoms with Crippen LogP contribution in [0.25, 0.3) is 0 Å². The lowest BCUT2D eigenvalue weighted by atomic mass is 9.83. The van der Waals surface area contributed by atoms with Gasteiger partial charge < -0.3 is 30.9 Å². The molecular formula is C10H17F2NO6. The van der Waals surface area contributed by atoms with Crippen molar-refractivity contribution in [1.82, 2.24) is 0 Å². The Morgan fingerprint density at radius 1 is 1.53 bits per heavy atom. The van der Waals surface area contributed by atoms with Gasteiger partial charge >= 0.3 is 11.8 Å². The number of aliphatic hydroxyl groups is 3. The second-order valence-corrected chi connectivity index (χ2v) is 4.61. The summed E-state index contributed by atoms with van der Waals surface area (Å²) >= 11 is 0. The molecule has 1 heterocycles. The molecule has 5 unspecified atom stereocenters. The highest BCUT2D eigenvalue weighted by atomic mass is 19.2. The number of aliphatic carboxylic acids is 1. The average molecular weight is 285 g/mol. The lowest BCUT2D eigenvalue weighted by molar-refractivity contribution is -0.281. The molecule has 0 aromatic rings. The van der Waals surface area contributed by atoms with Crippen molar-refractivity contribution in [2.75, 3.05) is 6.61 Å². The normalized spacial score (nSPS) is 42.7. The molecule has 1 aliphatic heterocycles. The van der Waals surface area contributed by atoms with Gasteiger partial charge in [0.25, 0.3) is 0 Å². The van der Waals surface area contributed by atoms with Crippen LogP contribution in [0.4, 0.5) is 8.78 Å². The van der Waals surface area contributed by atoms with Crippen LogP contribution in [0.5, 0.6) is 0 Å². The highest BCUT2D eigenvalue weighted by Crippen LogP contribution is 2.37. The van der Waals surface area contributed by atoms with Crippen molar-refractivity contribution in [3.8, 4) is 0 Å². The number of ether oxygens (including phenoxy) is 1. The van der Waals surface area contributed by atoms with Gasteiger partial charge in [0.15, 0.2) is 6.17 Å². The van der Waals surface area contributed by atoms with E-state index in [2.05, 4.69) is 4.74 Å². The topological polar surface area (TPSA) is 133 Å². The maximum absolute atomic E-state index is 14.0. The first-order valence-electron chi connectivity index (χ1n) is 5.63. The molecule has 0 spiro atoms. The van der Waals surface area contributed by atoms with Crippen molar-refractivity contribution in [3.63, 3.8) is 0 Å². The van der Waals surface area contributed by atoms with Crippen LogP contribution in [0, 0.1) is 5.92 Å². The van der Waals surface area contributed by atoms with E-state index in [4.69, 9.17) is 15.9 Å². The average Bonchev–Trinajstić information content (AvgIpc) is 2.38. The van der Waals surface area contributed by atoms with Gasteiger partial charge in [-0.25, -0.2) is 9.18 Å².